The molecule has 1 aromatic rings. The number of halogens is 2. The minimum absolute atomic E-state index is 0. The molecule has 2 fully saturated rings. The molecule has 120 valence electrons. The smallest absolute Gasteiger partial charge is 0.224 e. The van der Waals surface area contributed by atoms with Gasteiger partial charge in [0.05, 0.1) is 16.6 Å². The second-order valence-corrected chi connectivity index (χ2v) is 6.90. The number of nitrogens with two attached hydrogens (primary N) is 1. The van der Waals surface area contributed by atoms with Crippen molar-refractivity contribution in [3.63, 3.8) is 0 Å². The average Bonchev–Trinajstić information content (AvgIpc) is 3.05. The van der Waals surface area contributed by atoms with Gasteiger partial charge in [0, 0.05) is 24.4 Å². The molecule has 0 spiro atoms. The Morgan fingerprint density at radius 2 is 2.14 bits per heavy atom. The van der Waals surface area contributed by atoms with Crippen molar-refractivity contribution in [2.45, 2.75) is 38.6 Å². The van der Waals surface area contributed by atoms with E-state index in [0.717, 1.165) is 23.5 Å². The molecule has 4 unspecified atom stereocenters. The lowest BCUT2D eigenvalue weighted by atomic mass is 9.84. The maximum Gasteiger partial charge on any atom is 0.224 e. The summed E-state index contributed by atoms with van der Waals surface area (Å²) in [4.78, 5) is 16.6. The fourth-order valence-electron chi connectivity index (χ4n) is 3.68. The van der Waals surface area contributed by atoms with Crippen molar-refractivity contribution in [2.75, 3.05) is 6.54 Å². The van der Waals surface area contributed by atoms with Crippen LogP contribution in [0.2, 0.25) is 0 Å². The van der Waals surface area contributed by atoms with Gasteiger partial charge >= 0.3 is 0 Å². The summed E-state index contributed by atoms with van der Waals surface area (Å²) in [6.07, 6.45) is 4.37. The highest BCUT2D eigenvalue weighted by atomic mass is 35.5. The summed E-state index contributed by atoms with van der Waals surface area (Å²) < 4.78 is 0. The van der Waals surface area contributed by atoms with Crippen LogP contribution in [0.25, 0.3) is 0 Å². The summed E-state index contributed by atoms with van der Waals surface area (Å²) in [5.41, 5.74) is 7.25. The van der Waals surface area contributed by atoms with Gasteiger partial charge in [-0.1, -0.05) is 0 Å². The Hall–Kier alpha value is -0.360. The number of hydrogen-bond acceptors (Lipinski definition) is 4. The molecule has 2 aliphatic rings. The zero-order valence-electron chi connectivity index (χ0n) is 12.1. The maximum atomic E-state index is 12.2. The zero-order valence-corrected chi connectivity index (χ0v) is 14.5. The van der Waals surface area contributed by atoms with Gasteiger partial charge in [0.1, 0.15) is 0 Å². The van der Waals surface area contributed by atoms with Crippen LogP contribution in [0, 0.1) is 24.7 Å². The molecule has 1 heterocycles. The Bertz CT molecular complexity index is 481. The van der Waals surface area contributed by atoms with Gasteiger partial charge in [0.15, 0.2) is 0 Å². The first-order valence-electron chi connectivity index (χ1n) is 7.09. The third-order valence-corrected chi connectivity index (χ3v) is 5.45. The van der Waals surface area contributed by atoms with Crippen LogP contribution in [-0.4, -0.2) is 23.5 Å². The maximum absolute atomic E-state index is 12.2. The summed E-state index contributed by atoms with van der Waals surface area (Å²) in [5.74, 6) is 1.33. The van der Waals surface area contributed by atoms with Crippen molar-refractivity contribution in [2.24, 2.45) is 23.5 Å². The van der Waals surface area contributed by atoms with Gasteiger partial charge in [-0.25, -0.2) is 4.98 Å². The molecule has 0 saturated heterocycles. The topological polar surface area (TPSA) is 68.0 Å². The minimum atomic E-state index is 0. The second kappa shape index (κ2) is 7.77. The lowest BCUT2D eigenvalue weighted by molar-refractivity contribution is -0.127. The predicted octanol–water partition coefficient (Wildman–Crippen LogP) is 2.33. The van der Waals surface area contributed by atoms with E-state index in [0.29, 0.717) is 18.4 Å². The third kappa shape index (κ3) is 3.89. The quantitative estimate of drug-likeness (QED) is 0.874. The number of aryl methyl sites for hydroxylation is 1. The molecule has 21 heavy (non-hydrogen) atoms. The van der Waals surface area contributed by atoms with Crippen LogP contribution in [0.3, 0.4) is 0 Å². The number of nitrogens with one attached hydrogen (secondary N) is 1. The van der Waals surface area contributed by atoms with E-state index in [9.17, 15) is 4.79 Å². The molecule has 3 N–H and O–H groups in total. The first-order chi connectivity index (χ1) is 9.15. The van der Waals surface area contributed by atoms with E-state index in [4.69, 9.17) is 5.73 Å². The second-order valence-electron chi connectivity index (χ2n) is 5.84. The van der Waals surface area contributed by atoms with E-state index in [-0.39, 0.29) is 42.7 Å². The summed E-state index contributed by atoms with van der Waals surface area (Å²) in [6, 6.07) is 0.0836. The van der Waals surface area contributed by atoms with E-state index in [1.165, 1.54) is 12.8 Å². The molecule has 0 radical (unpaired) electrons. The number of rotatable bonds is 4. The van der Waals surface area contributed by atoms with Crippen molar-refractivity contribution < 1.29 is 4.79 Å². The largest absolute Gasteiger partial charge is 0.355 e. The van der Waals surface area contributed by atoms with Crippen LogP contribution in [0.1, 0.15) is 30.0 Å². The van der Waals surface area contributed by atoms with E-state index < -0.39 is 0 Å². The van der Waals surface area contributed by atoms with Gasteiger partial charge in [-0.3, -0.25) is 4.79 Å². The molecule has 3 rings (SSSR count). The van der Waals surface area contributed by atoms with Gasteiger partial charge in [-0.2, -0.15) is 0 Å². The van der Waals surface area contributed by atoms with E-state index >= 15 is 0 Å². The molecule has 4 atom stereocenters. The summed E-state index contributed by atoms with van der Waals surface area (Å²) >= 11 is 1.65. The van der Waals surface area contributed by atoms with Crippen molar-refractivity contribution in [1.82, 2.24) is 10.3 Å². The Morgan fingerprint density at radius 1 is 1.43 bits per heavy atom. The van der Waals surface area contributed by atoms with E-state index in [1.807, 2.05) is 6.92 Å². The molecule has 0 aromatic carbocycles. The zero-order chi connectivity index (χ0) is 13.4. The van der Waals surface area contributed by atoms with Gasteiger partial charge in [-0.15, -0.1) is 36.2 Å². The van der Waals surface area contributed by atoms with Crippen LogP contribution in [0.15, 0.2) is 5.38 Å². The summed E-state index contributed by atoms with van der Waals surface area (Å²) in [5, 5.41) is 6.18. The Kier molecular flexibility index (Phi) is 6.91. The van der Waals surface area contributed by atoms with Crippen molar-refractivity contribution in [3.05, 3.63) is 16.1 Å². The number of amides is 1. The molecule has 7 heteroatoms. The third-order valence-electron chi connectivity index (χ3n) is 4.63. The Morgan fingerprint density at radius 3 is 2.71 bits per heavy atom. The first-order valence-corrected chi connectivity index (χ1v) is 7.97. The lowest BCUT2D eigenvalue weighted by Crippen LogP contribution is -2.45. The van der Waals surface area contributed by atoms with E-state index in [2.05, 4.69) is 15.7 Å². The van der Waals surface area contributed by atoms with Gasteiger partial charge < -0.3 is 11.1 Å². The Balaban J connectivity index is 0.00000110. The fourth-order valence-corrected chi connectivity index (χ4v) is 4.33. The van der Waals surface area contributed by atoms with Crippen LogP contribution < -0.4 is 11.1 Å². The lowest BCUT2D eigenvalue weighted by Gasteiger charge is -2.26. The first kappa shape index (κ1) is 18.7. The van der Waals surface area contributed by atoms with Crippen molar-refractivity contribution in [3.8, 4) is 0 Å². The molecular formula is C14H23Cl2N3OS. The molecule has 1 aromatic heterocycles. The van der Waals surface area contributed by atoms with Crippen LogP contribution in [0.4, 0.5) is 0 Å². The number of fused-ring (bicyclic) bond motifs is 2. The molecule has 1 amide bonds. The standard InChI is InChI=1S/C14H21N3OS.2ClH/c1-8-17-11(7-19-8)4-5-16-14(18)12-9-2-3-10(6-9)13(12)15;;/h7,9-10,12-13H,2-6,15H2,1H3,(H,16,18);2*1H. The molecule has 2 saturated carbocycles. The molecule has 2 aliphatic carbocycles. The highest BCUT2D eigenvalue weighted by Crippen LogP contribution is 2.47. The SMILES string of the molecule is Cc1nc(CCNC(=O)C2C3CCC(C3)C2N)cs1.Cl.Cl. The average molecular weight is 352 g/mol. The van der Waals surface area contributed by atoms with Crippen molar-refractivity contribution in [1.29, 1.82) is 0 Å². The van der Waals surface area contributed by atoms with Gasteiger partial charge in [0.2, 0.25) is 5.91 Å². The number of nitrogens with zero attached hydrogens (tertiary/aromatic N) is 1. The fraction of sp³-hybridized carbons (Fsp3) is 0.714. The number of hydrogen-bond donors (Lipinski definition) is 2. The van der Waals surface area contributed by atoms with E-state index in [1.54, 1.807) is 11.3 Å². The van der Waals surface area contributed by atoms with Gasteiger partial charge in [-0.05, 0) is 38.0 Å². The number of carbonyl (C=O) groups excluding carboxylic acids is 1. The van der Waals surface area contributed by atoms with Gasteiger partial charge in [0.25, 0.3) is 0 Å². The highest BCUT2D eigenvalue weighted by Gasteiger charge is 2.48. The van der Waals surface area contributed by atoms with Crippen molar-refractivity contribution >= 4 is 42.1 Å². The molecule has 4 nitrogen and oxygen atoms in total. The number of carbonyl (C=O) groups is 1. The monoisotopic (exact) mass is 351 g/mol. The summed E-state index contributed by atoms with van der Waals surface area (Å²) in [7, 11) is 0. The molecule has 0 aliphatic heterocycles. The highest BCUT2D eigenvalue weighted by molar-refractivity contribution is 7.09. The Labute approximate surface area is 142 Å². The van der Waals surface area contributed by atoms with Crippen LogP contribution >= 0.6 is 36.2 Å². The minimum Gasteiger partial charge on any atom is -0.355 e. The summed E-state index contributed by atoms with van der Waals surface area (Å²) in [6.45, 7) is 2.67. The van der Waals surface area contributed by atoms with Crippen LogP contribution in [-0.2, 0) is 11.2 Å². The molecular weight excluding hydrogens is 329 g/mol. The normalized spacial score (nSPS) is 29.6. The van der Waals surface area contributed by atoms with Crippen LogP contribution in [0.5, 0.6) is 0 Å². The predicted molar refractivity (Wildman–Crippen MR) is 90.4 cm³/mol. The molecule has 2 bridgehead atoms. The number of aromatic nitrogens is 1. The number of thiazole rings is 1.